The number of nitrogens with one attached hydrogen (secondary N) is 1. The highest BCUT2D eigenvalue weighted by Gasteiger charge is 2.07. The molecule has 1 aromatic carbocycles. The number of hydrogen-bond donors (Lipinski definition) is 2. The normalized spacial score (nSPS) is 9.64. The van der Waals surface area contributed by atoms with Gasteiger partial charge in [-0.2, -0.15) is 0 Å². The molecule has 4 heteroatoms. The second-order valence-electron chi connectivity index (χ2n) is 3.13. The Labute approximate surface area is 83.2 Å². The summed E-state index contributed by atoms with van der Waals surface area (Å²) in [5.74, 6) is 0.847. The maximum absolute atomic E-state index is 9.35. The van der Waals surface area contributed by atoms with Crippen molar-refractivity contribution in [3.63, 3.8) is 0 Å². The summed E-state index contributed by atoms with van der Waals surface area (Å²) in [5, 5.41) is 17.1. The summed E-state index contributed by atoms with van der Waals surface area (Å²) in [5.41, 5.74) is 0.713. The van der Waals surface area contributed by atoms with E-state index in [9.17, 15) is 5.11 Å². The number of ether oxygens (including phenoxy) is 1. The van der Waals surface area contributed by atoms with Gasteiger partial charge < -0.3 is 14.7 Å². The minimum absolute atomic E-state index is 0.0859. The van der Waals surface area contributed by atoms with Gasteiger partial charge in [-0.15, -0.1) is 0 Å². The minimum atomic E-state index is 0.0859. The lowest BCUT2D eigenvalue weighted by Crippen LogP contribution is -2.21. The third-order valence-electron chi connectivity index (χ3n) is 1.90. The quantitative estimate of drug-likeness (QED) is 0.551. The molecule has 0 bridgehead atoms. The van der Waals surface area contributed by atoms with Gasteiger partial charge in [0.05, 0.1) is 7.11 Å². The predicted molar refractivity (Wildman–Crippen MR) is 55.2 cm³/mol. The fourth-order valence-electron chi connectivity index (χ4n) is 1.08. The molecule has 14 heavy (non-hydrogen) atoms. The lowest BCUT2D eigenvalue weighted by molar-refractivity contribution is 0.373. The minimum Gasteiger partial charge on any atom is -0.504 e. The van der Waals surface area contributed by atoms with E-state index in [4.69, 9.17) is 10.1 Å². The number of phenols is 1. The Morgan fingerprint density at radius 3 is 2.57 bits per heavy atom. The number of rotatable bonds is 2. The fraction of sp³-hybridized carbons (Fsp3) is 0.300. The largest absolute Gasteiger partial charge is 0.504 e. The molecule has 0 aliphatic carbocycles. The van der Waals surface area contributed by atoms with Crippen molar-refractivity contribution >= 4 is 5.84 Å². The van der Waals surface area contributed by atoms with Crippen molar-refractivity contribution in [2.75, 3.05) is 21.2 Å². The number of aromatic hydroxyl groups is 1. The van der Waals surface area contributed by atoms with Gasteiger partial charge in [0.2, 0.25) is 0 Å². The van der Waals surface area contributed by atoms with E-state index in [2.05, 4.69) is 0 Å². The van der Waals surface area contributed by atoms with Gasteiger partial charge in [0, 0.05) is 19.7 Å². The smallest absolute Gasteiger partial charge is 0.161 e. The second kappa shape index (κ2) is 4.00. The van der Waals surface area contributed by atoms with Gasteiger partial charge in [-0.05, 0) is 18.2 Å². The van der Waals surface area contributed by atoms with Crippen LogP contribution >= 0.6 is 0 Å². The van der Waals surface area contributed by atoms with Gasteiger partial charge >= 0.3 is 0 Å². The first kappa shape index (κ1) is 10.4. The van der Waals surface area contributed by atoms with Crippen molar-refractivity contribution in [1.29, 1.82) is 5.41 Å². The fourth-order valence-corrected chi connectivity index (χ4v) is 1.08. The first-order valence-corrected chi connectivity index (χ1v) is 4.19. The van der Waals surface area contributed by atoms with Gasteiger partial charge in [0.15, 0.2) is 11.5 Å². The van der Waals surface area contributed by atoms with Crippen LogP contribution in [0.15, 0.2) is 18.2 Å². The first-order chi connectivity index (χ1) is 6.56. The first-order valence-electron chi connectivity index (χ1n) is 4.19. The van der Waals surface area contributed by atoms with Crippen molar-refractivity contribution in [1.82, 2.24) is 4.90 Å². The third kappa shape index (κ3) is 1.96. The average molecular weight is 194 g/mol. The molecular weight excluding hydrogens is 180 g/mol. The summed E-state index contributed by atoms with van der Waals surface area (Å²) in [6.07, 6.45) is 0. The van der Waals surface area contributed by atoms with Crippen LogP contribution in [0.5, 0.6) is 11.5 Å². The molecule has 0 saturated carbocycles. The SMILES string of the molecule is COc1cc(C(=N)N(C)C)ccc1O. The summed E-state index contributed by atoms with van der Waals surface area (Å²) in [6.45, 7) is 0. The molecule has 0 unspecified atom stereocenters. The molecule has 0 aliphatic rings. The maximum atomic E-state index is 9.35. The Morgan fingerprint density at radius 2 is 2.07 bits per heavy atom. The van der Waals surface area contributed by atoms with E-state index >= 15 is 0 Å². The molecule has 1 rings (SSSR count). The van der Waals surface area contributed by atoms with Gasteiger partial charge in [-0.3, -0.25) is 5.41 Å². The average Bonchev–Trinajstić information content (AvgIpc) is 2.17. The number of hydrogen-bond acceptors (Lipinski definition) is 3. The molecule has 0 spiro atoms. The van der Waals surface area contributed by atoms with Crippen LogP contribution in [0.1, 0.15) is 5.56 Å². The summed E-state index contributed by atoms with van der Waals surface area (Å²) < 4.78 is 4.95. The number of nitrogens with zero attached hydrogens (tertiary/aromatic N) is 1. The third-order valence-corrected chi connectivity index (χ3v) is 1.90. The molecule has 0 heterocycles. The molecule has 0 atom stereocenters. The Morgan fingerprint density at radius 1 is 1.43 bits per heavy atom. The Bertz CT molecular complexity index is 348. The van der Waals surface area contributed by atoms with Crippen LogP contribution in [0.3, 0.4) is 0 Å². The van der Waals surface area contributed by atoms with Crippen molar-refractivity contribution in [2.45, 2.75) is 0 Å². The number of benzene rings is 1. The van der Waals surface area contributed by atoms with Crippen LogP contribution in [-0.2, 0) is 0 Å². The molecule has 0 aliphatic heterocycles. The highest BCUT2D eigenvalue weighted by Crippen LogP contribution is 2.26. The maximum Gasteiger partial charge on any atom is 0.161 e. The zero-order valence-electron chi connectivity index (χ0n) is 8.53. The van der Waals surface area contributed by atoms with Gasteiger partial charge in [-0.25, -0.2) is 0 Å². The van der Waals surface area contributed by atoms with Crippen LogP contribution in [0.2, 0.25) is 0 Å². The molecule has 0 radical (unpaired) electrons. The molecular formula is C10H14N2O2. The number of phenolic OH excluding ortho intramolecular Hbond substituents is 1. The zero-order valence-corrected chi connectivity index (χ0v) is 8.53. The van der Waals surface area contributed by atoms with Gasteiger partial charge in [-0.1, -0.05) is 0 Å². The Balaban J connectivity index is 3.06. The lowest BCUT2D eigenvalue weighted by Gasteiger charge is -2.14. The van der Waals surface area contributed by atoms with Gasteiger partial charge in [0.1, 0.15) is 5.84 Å². The van der Waals surface area contributed by atoms with Crippen molar-refractivity contribution < 1.29 is 9.84 Å². The highest BCUT2D eigenvalue weighted by molar-refractivity contribution is 5.96. The molecule has 0 aromatic heterocycles. The molecule has 0 fully saturated rings. The standard InChI is InChI=1S/C10H14N2O2/c1-12(2)10(11)7-4-5-8(13)9(6-7)14-3/h4-6,11,13H,1-3H3. The van der Waals surface area contributed by atoms with E-state index < -0.39 is 0 Å². The molecule has 2 N–H and O–H groups in total. The molecule has 76 valence electrons. The van der Waals surface area contributed by atoms with Crippen molar-refractivity contribution in [3.05, 3.63) is 23.8 Å². The van der Waals surface area contributed by atoms with Crippen molar-refractivity contribution in [3.8, 4) is 11.5 Å². The summed E-state index contributed by atoms with van der Waals surface area (Å²) >= 11 is 0. The lowest BCUT2D eigenvalue weighted by atomic mass is 10.2. The molecule has 1 aromatic rings. The van der Waals surface area contributed by atoms with Crippen LogP contribution in [-0.4, -0.2) is 37.0 Å². The predicted octanol–water partition coefficient (Wildman–Crippen LogP) is 1.29. The van der Waals surface area contributed by atoms with Crippen molar-refractivity contribution in [2.24, 2.45) is 0 Å². The summed E-state index contributed by atoms with van der Waals surface area (Å²) in [6, 6.07) is 4.84. The van der Waals surface area contributed by atoms with E-state index in [1.54, 1.807) is 31.1 Å². The number of methoxy groups -OCH3 is 1. The monoisotopic (exact) mass is 194 g/mol. The van der Waals surface area contributed by atoms with E-state index in [1.165, 1.54) is 13.2 Å². The van der Waals surface area contributed by atoms with E-state index in [-0.39, 0.29) is 5.75 Å². The topological polar surface area (TPSA) is 56.5 Å². The van der Waals surface area contributed by atoms with E-state index in [0.29, 0.717) is 17.1 Å². The highest BCUT2D eigenvalue weighted by atomic mass is 16.5. The van der Waals surface area contributed by atoms with Crippen LogP contribution < -0.4 is 4.74 Å². The van der Waals surface area contributed by atoms with E-state index in [1.807, 2.05) is 0 Å². The zero-order chi connectivity index (χ0) is 10.7. The second-order valence-corrected chi connectivity index (χ2v) is 3.13. The van der Waals surface area contributed by atoms with Gasteiger partial charge in [0.25, 0.3) is 0 Å². The number of amidine groups is 1. The van der Waals surface area contributed by atoms with Crippen LogP contribution in [0, 0.1) is 5.41 Å². The van der Waals surface area contributed by atoms with E-state index in [0.717, 1.165) is 0 Å². The van der Waals surface area contributed by atoms with Crippen LogP contribution in [0.25, 0.3) is 0 Å². The molecule has 0 amide bonds. The Hall–Kier alpha value is -1.71. The van der Waals surface area contributed by atoms with Crippen LogP contribution in [0.4, 0.5) is 0 Å². The summed E-state index contributed by atoms with van der Waals surface area (Å²) in [4.78, 5) is 1.69. The summed E-state index contributed by atoms with van der Waals surface area (Å²) in [7, 11) is 5.07. The molecule has 4 nitrogen and oxygen atoms in total. The Kier molecular flexibility index (Phi) is 2.96. The molecule has 0 saturated heterocycles.